The number of benzene rings is 2. The van der Waals surface area contributed by atoms with Crippen LogP contribution in [-0.4, -0.2) is 10.7 Å². The number of ketones is 1. The highest BCUT2D eigenvalue weighted by atomic mass is 79.9. The monoisotopic (exact) mass is 427 g/mol. The minimum atomic E-state index is -0.451. The summed E-state index contributed by atoms with van der Waals surface area (Å²) in [5.41, 5.74) is 1.41. The van der Waals surface area contributed by atoms with Crippen LogP contribution in [0, 0.1) is 10.1 Å². The normalized spacial score (nSPS) is 14.7. The SMILES string of the molecule is O=C1/C(=C/c2ccc(-c3ccc([N+](=O)[O-])cc3Br)o2)Sc2ccccc21. The van der Waals surface area contributed by atoms with E-state index in [9.17, 15) is 14.9 Å². The molecule has 0 bridgehead atoms. The molecule has 0 saturated heterocycles. The number of nitrogens with zero attached hydrogens (tertiary/aromatic N) is 1. The molecule has 0 radical (unpaired) electrons. The first-order valence-corrected chi connectivity index (χ1v) is 9.21. The van der Waals surface area contributed by atoms with E-state index in [-0.39, 0.29) is 11.5 Å². The lowest BCUT2D eigenvalue weighted by Crippen LogP contribution is -1.93. The Bertz CT molecular complexity index is 1090. The van der Waals surface area contributed by atoms with E-state index in [4.69, 9.17) is 4.42 Å². The molecule has 0 N–H and O–H groups in total. The van der Waals surface area contributed by atoms with E-state index < -0.39 is 4.92 Å². The Morgan fingerprint density at radius 2 is 1.88 bits per heavy atom. The van der Waals surface area contributed by atoms with Crippen molar-refractivity contribution in [1.29, 1.82) is 0 Å². The van der Waals surface area contributed by atoms with Crippen molar-refractivity contribution in [2.24, 2.45) is 0 Å². The van der Waals surface area contributed by atoms with Crippen LogP contribution in [0.1, 0.15) is 16.1 Å². The van der Waals surface area contributed by atoms with Crippen molar-refractivity contribution >= 4 is 45.2 Å². The zero-order valence-electron chi connectivity index (χ0n) is 13.1. The highest BCUT2D eigenvalue weighted by molar-refractivity contribution is 9.10. The van der Waals surface area contributed by atoms with Gasteiger partial charge in [0.25, 0.3) is 5.69 Å². The highest BCUT2D eigenvalue weighted by Crippen LogP contribution is 2.41. The van der Waals surface area contributed by atoms with Gasteiger partial charge in [0.2, 0.25) is 5.78 Å². The molecule has 1 aliphatic rings. The maximum atomic E-state index is 12.4. The number of hydrogen-bond acceptors (Lipinski definition) is 5. The molecular weight excluding hydrogens is 418 g/mol. The molecule has 26 heavy (non-hydrogen) atoms. The summed E-state index contributed by atoms with van der Waals surface area (Å²) in [5, 5.41) is 10.8. The van der Waals surface area contributed by atoms with Crippen molar-refractivity contribution in [1.82, 2.24) is 0 Å². The fourth-order valence-electron chi connectivity index (χ4n) is 2.66. The Balaban J connectivity index is 1.64. The minimum absolute atomic E-state index is 0.000222. The molecule has 0 amide bonds. The van der Waals surface area contributed by atoms with E-state index in [0.717, 1.165) is 4.90 Å². The zero-order chi connectivity index (χ0) is 18.3. The smallest absolute Gasteiger partial charge is 0.270 e. The fraction of sp³-hybridized carbons (Fsp3) is 0. The van der Waals surface area contributed by atoms with Crippen LogP contribution in [0.25, 0.3) is 17.4 Å². The summed E-state index contributed by atoms with van der Waals surface area (Å²) in [4.78, 5) is 24.4. The summed E-state index contributed by atoms with van der Waals surface area (Å²) in [6, 6.07) is 15.5. The number of carbonyl (C=O) groups is 1. The molecule has 1 aromatic heterocycles. The first kappa shape index (κ1) is 16.8. The maximum absolute atomic E-state index is 12.4. The number of halogens is 1. The van der Waals surface area contributed by atoms with E-state index >= 15 is 0 Å². The molecule has 7 heteroatoms. The van der Waals surface area contributed by atoms with Gasteiger partial charge in [-0.25, -0.2) is 0 Å². The average molecular weight is 428 g/mol. The van der Waals surface area contributed by atoms with Gasteiger partial charge in [0.05, 0.1) is 9.83 Å². The highest BCUT2D eigenvalue weighted by Gasteiger charge is 2.25. The summed E-state index contributed by atoms with van der Waals surface area (Å²) in [5.74, 6) is 1.10. The largest absolute Gasteiger partial charge is 0.457 e. The van der Waals surface area contributed by atoms with Crippen LogP contribution in [-0.2, 0) is 0 Å². The van der Waals surface area contributed by atoms with Gasteiger partial charge >= 0.3 is 0 Å². The van der Waals surface area contributed by atoms with Gasteiger partial charge in [-0.1, -0.05) is 23.9 Å². The van der Waals surface area contributed by atoms with Gasteiger partial charge in [-0.15, -0.1) is 0 Å². The maximum Gasteiger partial charge on any atom is 0.270 e. The van der Waals surface area contributed by atoms with Crippen LogP contribution >= 0.6 is 27.7 Å². The Morgan fingerprint density at radius 3 is 2.62 bits per heavy atom. The quantitative estimate of drug-likeness (QED) is 0.293. The molecule has 5 nitrogen and oxygen atoms in total. The lowest BCUT2D eigenvalue weighted by Gasteiger charge is -2.01. The van der Waals surface area contributed by atoms with Gasteiger partial charge in [-0.3, -0.25) is 14.9 Å². The van der Waals surface area contributed by atoms with Gasteiger partial charge in [-0.2, -0.15) is 0 Å². The first-order chi connectivity index (χ1) is 12.5. The lowest BCUT2D eigenvalue weighted by molar-refractivity contribution is -0.384. The van der Waals surface area contributed by atoms with Gasteiger partial charge in [-0.05, 0) is 52.3 Å². The molecule has 0 aliphatic carbocycles. The number of fused-ring (bicyclic) bond motifs is 1. The molecule has 1 aliphatic heterocycles. The van der Waals surface area contributed by atoms with Crippen LogP contribution in [0.15, 0.2) is 73.3 Å². The molecule has 0 saturated carbocycles. The first-order valence-electron chi connectivity index (χ1n) is 7.60. The molecule has 0 unspecified atom stereocenters. The van der Waals surface area contributed by atoms with E-state index in [2.05, 4.69) is 15.9 Å². The molecule has 128 valence electrons. The Kier molecular flexibility index (Phi) is 4.26. The standard InChI is InChI=1S/C19H10BrNO4S/c20-15-9-11(21(23)24)5-7-13(15)16-8-6-12(25-16)10-18-19(22)14-3-1-2-4-17(14)26-18/h1-10H/b18-10-. The number of hydrogen-bond donors (Lipinski definition) is 0. The number of nitro groups is 1. The van der Waals surface area contributed by atoms with E-state index in [1.807, 2.05) is 24.3 Å². The van der Waals surface area contributed by atoms with Crippen LogP contribution in [0.3, 0.4) is 0 Å². The van der Waals surface area contributed by atoms with Crippen molar-refractivity contribution in [3.05, 3.63) is 85.4 Å². The summed E-state index contributed by atoms with van der Waals surface area (Å²) in [6.45, 7) is 0. The number of rotatable bonds is 3. The average Bonchev–Trinajstić information content (AvgIpc) is 3.21. The van der Waals surface area contributed by atoms with Crippen molar-refractivity contribution in [2.45, 2.75) is 4.90 Å². The van der Waals surface area contributed by atoms with Gasteiger partial charge in [0, 0.05) is 32.6 Å². The topological polar surface area (TPSA) is 73.3 Å². The second-order valence-electron chi connectivity index (χ2n) is 5.56. The molecule has 2 heterocycles. The van der Waals surface area contributed by atoms with Crippen LogP contribution < -0.4 is 0 Å². The number of non-ortho nitro benzene ring substituents is 1. The van der Waals surface area contributed by atoms with Crippen molar-refractivity contribution < 1.29 is 14.1 Å². The van der Waals surface area contributed by atoms with E-state index in [1.165, 1.54) is 23.9 Å². The van der Waals surface area contributed by atoms with Crippen LogP contribution in [0.2, 0.25) is 0 Å². The van der Waals surface area contributed by atoms with Crippen molar-refractivity contribution in [3.63, 3.8) is 0 Å². The van der Waals surface area contributed by atoms with Gasteiger partial charge < -0.3 is 4.42 Å². The third-order valence-corrected chi connectivity index (χ3v) is 5.66. The number of allylic oxidation sites excluding steroid dienone is 1. The van der Waals surface area contributed by atoms with Crippen molar-refractivity contribution in [3.8, 4) is 11.3 Å². The number of furan rings is 1. The minimum Gasteiger partial charge on any atom is -0.457 e. The summed E-state index contributed by atoms with van der Waals surface area (Å²) in [7, 11) is 0. The summed E-state index contributed by atoms with van der Waals surface area (Å²) < 4.78 is 6.39. The lowest BCUT2D eigenvalue weighted by atomic mass is 10.1. The molecule has 0 spiro atoms. The predicted molar refractivity (Wildman–Crippen MR) is 103 cm³/mol. The molecular formula is C19H10BrNO4S. The second-order valence-corrected chi connectivity index (χ2v) is 7.50. The third kappa shape index (κ3) is 3.00. The molecule has 2 aromatic carbocycles. The number of nitro benzene ring substituents is 1. The number of thioether (sulfide) groups is 1. The summed E-state index contributed by atoms with van der Waals surface area (Å²) in [6.07, 6.45) is 1.72. The van der Waals surface area contributed by atoms with E-state index in [1.54, 1.807) is 24.3 Å². The molecule has 0 atom stereocenters. The third-order valence-electron chi connectivity index (χ3n) is 3.90. The predicted octanol–water partition coefficient (Wildman–Crippen LogP) is 5.95. The van der Waals surface area contributed by atoms with E-state index in [0.29, 0.717) is 32.0 Å². The number of carbonyl (C=O) groups excluding carboxylic acids is 1. The van der Waals surface area contributed by atoms with Crippen LogP contribution in [0.4, 0.5) is 5.69 Å². The van der Waals surface area contributed by atoms with Gasteiger partial charge in [0.1, 0.15) is 11.5 Å². The number of Topliss-reactive ketones (excluding diaryl/α,β-unsaturated/α-hetero) is 1. The molecule has 0 fully saturated rings. The molecule has 4 rings (SSSR count). The zero-order valence-corrected chi connectivity index (χ0v) is 15.5. The second kappa shape index (κ2) is 6.59. The summed E-state index contributed by atoms with van der Waals surface area (Å²) >= 11 is 4.76. The van der Waals surface area contributed by atoms with Gasteiger partial charge in [0.15, 0.2) is 0 Å². The fourth-order valence-corrected chi connectivity index (χ4v) is 4.25. The Labute approximate surface area is 161 Å². The molecule has 3 aromatic rings. The van der Waals surface area contributed by atoms with Crippen molar-refractivity contribution in [2.75, 3.05) is 0 Å². The van der Waals surface area contributed by atoms with Crippen LogP contribution in [0.5, 0.6) is 0 Å². The Hall–Kier alpha value is -2.64. The Morgan fingerprint density at radius 1 is 1.08 bits per heavy atom.